The molecule has 2 N–H and O–H groups in total. The van der Waals surface area contributed by atoms with Gasteiger partial charge >= 0.3 is 6.36 Å². The second kappa shape index (κ2) is 9.02. The van der Waals surface area contributed by atoms with Crippen molar-refractivity contribution < 1.29 is 23.0 Å². The number of β-amino-alcohol motifs (C(OH)–C–C–N with tert-alkyl or cyclic N) is 1. The fourth-order valence-corrected chi connectivity index (χ4v) is 5.89. The Labute approximate surface area is 197 Å². The molecule has 33 heavy (non-hydrogen) atoms. The van der Waals surface area contributed by atoms with Crippen molar-refractivity contribution in [3.8, 4) is 5.75 Å². The van der Waals surface area contributed by atoms with Crippen LogP contribution in [0.25, 0.3) is 0 Å². The minimum absolute atomic E-state index is 0.148. The molecule has 5 rings (SSSR count). The summed E-state index contributed by atoms with van der Waals surface area (Å²) in [7, 11) is 0. The summed E-state index contributed by atoms with van der Waals surface area (Å²) in [6.45, 7) is 1.05. The summed E-state index contributed by atoms with van der Waals surface area (Å²) in [5.74, 6) is -0.269. The number of para-hydroxylation sites is 2. The molecule has 2 heterocycles. The Kier molecular flexibility index (Phi) is 6.09. The maximum Gasteiger partial charge on any atom is 0.573 e. The number of alkyl halides is 3. The first-order valence-corrected chi connectivity index (χ1v) is 11.8. The van der Waals surface area contributed by atoms with Crippen molar-refractivity contribution in [1.29, 1.82) is 0 Å². The van der Waals surface area contributed by atoms with E-state index in [0.717, 1.165) is 21.2 Å². The Morgan fingerprint density at radius 1 is 0.909 bits per heavy atom. The first-order valence-electron chi connectivity index (χ1n) is 10.2. The molecule has 2 aliphatic heterocycles. The lowest BCUT2D eigenvalue weighted by Gasteiger charge is -2.38. The quantitative estimate of drug-likeness (QED) is 0.431. The summed E-state index contributed by atoms with van der Waals surface area (Å²) in [4.78, 5) is 4.51. The molecule has 1 unspecified atom stereocenters. The van der Waals surface area contributed by atoms with Crippen molar-refractivity contribution >= 4 is 41.0 Å². The first kappa shape index (κ1) is 22.3. The molecular weight excluding hydrogens is 471 g/mol. The van der Waals surface area contributed by atoms with E-state index in [0.29, 0.717) is 18.8 Å². The van der Waals surface area contributed by atoms with Crippen molar-refractivity contribution in [3.05, 3.63) is 72.8 Å². The molecule has 0 aromatic heterocycles. The van der Waals surface area contributed by atoms with Crippen LogP contribution < -0.4 is 14.4 Å². The van der Waals surface area contributed by atoms with Gasteiger partial charge in [0, 0.05) is 40.7 Å². The van der Waals surface area contributed by atoms with Crippen molar-refractivity contribution in [2.45, 2.75) is 28.3 Å². The Morgan fingerprint density at radius 2 is 1.52 bits per heavy atom. The van der Waals surface area contributed by atoms with Crippen molar-refractivity contribution in [2.24, 2.45) is 0 Å². The van der Waals surface area contributed by atoms with Crippen molar-refractivity contribution in [1.82, 2.24) is 4.31 Å². The molecule has 0 saturated carbocycles. The lowest BCUT2D eigenvalue weighted by molar-refractivity contribution is -0.274. The highest BCUT2D eigenvalue weighted by Gasteiger charge is 2.39. The van der Waals surface area contributed by atoms with E-state index in [1.165, 1.54) is 36.4 Å². The number of fused-ring (bicyclic) bond motifs is 2. The SMILES string of the molecule is O[C@H]1CN(SNc2ccc(OC(F)(F)F)cc2)CC1N1c2ccccc2Sc2ccccc21. The minimum atomic E-state index is -4.71. The number of anilines is 3. The van der Waals surface area contributed by atoms with E-state index in [9.17, 15) is 18.3 Å². The van der Waals surface area contributed by atoms with Gasteiger partial charge in [0.15, 0.2) is 0 Å². The topological polar surface area (TPSA) is 48.0 Å². The molecule has 0 aliphatic carbocycles. The highest BCUT2D eigenvalue weighted by molar-refractivity contribution is 7.99. The number of nitrogens with one attached hydrogen (secondary N) is 1. The van der Waals surface area contributed by atoms with E-state index >= 15 is 0 Å². The van der Waals surface area contributed by atoms with Crippen LogP contribution in [0.15, 0.2) is 82.6 Å². The molecule has 2 atom stereocenters. The summed E-state index contributed by atoms with van der Waals surface area (Å²) < 4.78 is 46.0. The number of halogens is 3. The molecule has 0 amide bonds. The zero-order valence-electron chi connectivity index (χ0n) is 17.2. The highest BCUT2D eigenvalue weighted by Crippen LogP contribution is 2.49. The van der Waals surface area contributed by atoms with Gasteiger partial charge < -0.3 is 19.5 Å². The van der Waals surface area contributed by atoms with Crippen LogP contribution in [0.4, 0.5) is 30.2 Å². The fraction of sp³-hybridized carbons (Fsp3) is 0.217. The minimum Gasteiger partial charge on any atom is -0.406 e. The zero-order valence-corrected chi connectivity index (χ0v) is 18.8. The van der Waals surface area contributed by atoms with E-state index in [4.69, 9.17) is 0 Å². The molecule has 1 saturated heterocycles. The largest absolute Gasteiger partial charge is 0.573 e. The van der Waals surface area contributed by atoms with Crippen LogP contribution in [-0.4, -0.2) is 41.0 Å². The van der Waals surface area contributed by atoms with Gasteiger partial charge in [-0.3, -0.25) is 0 Å². The second-order valence-corrected chi connectivity index (χ2v) is 9.64. The summed E-state index contributed by atoms with van der Waals surface area (Å²) in [5, 5.41) is 11.0. The van der Waals surface area contributed by atoms with Gasteiger partial charge in [-0.1, -0.05) is 36.0 Å². The average molecular weight is 492 g/mol. The highest BCUT2D eigenvalue weighted by atomic mass is 32.2. The fourth-order valence-electron chi connectivity index (χ4n) is 4.00. The van der Waals surface area contributed by atoms with Gasteiger partial charge in [0.05, 0.1) is 23.5 Å². The Morgan fingerprint density at radius 3 is 2.12 bits per heavy atom. The van der Waals surface area contributed by atoms with Crippen molar-refractivity contribution in [2.75, 3.05) is 22.7 Å². The van der Waals surface area contributed by atoms with E-state index < -0.39 is 12.5 Å². The van der Waals surface area contributed by atoms with Gasteiger partial charge in [0.2, 0.25) is 0 Å². The van der Waals surface area contributed by atoms with Crippen LogP contribution in [0.1, 0.15) is 0 Å². The molecule has 3 aromatic rings. The molecule has 0 bridgehead atoms. The third-order valence-electron chi connectivity index (χ3n) is 5.41. The number of hydrogen-bond acceptors (Lipinski definition) is 7. The number of benzene rings is 3. The summed E-state index contributed by atoms with van der Waals surface area (Å²) in [5.41, 5.74) is 2.79. The molecule has 172 valence electrons. The first-order chi connectivity index (χ1) is 15.9. The molecule has 3 aromatic carbocycles. The summed E-state index contributed by atoms with van der Waals surface area (Å²) in [6.07, 6.45) is -5.29. The maximum absolute atomic E-state index is 12.3. The average Bonchev–Trinajstić information content (AvgIpc) is 3.16. The third kappa shape index (κ3) is 4.89. The number of aliphatic hydroxyl groups excluding tert-OH is 1. The van der Waals surface area contributed by atoms with Gasteiger partial charge in [-0.25, -0.2) is 4.31 Å². The molecule has 0 spiro atoms. The number of nitrogens with zero attached hydrogens (tertiary/aromatic N) is 2. The number of rotatable bonds is 5. The summed E-state index contributed by atoms with van der Waals surface area (Å²) >= 11 is 3.04. The maximum atomic E-state index is 12.3. The predicted molar refractivity (Wildman–Crippen MR) is 125 cm³/mol. The van der Waals surface area contributed by atoms with Gasteiger partial charge in [-0.05, 0) is 48.5 Å². The number of aliphatic hydroxyl groups is 1. The number of hydrogen-bond donors (Lipinski definition) is 2. The molecule has 2 aliphatic rings. The zero-order chi connectivity index (χ0) is 23.0. The van der Waals surface area contributed by atoms with Crippen LogP contribution in [0.2, 0.25) is 0 Å². The molecule has 10 heteroatoms. The lowest BCUT2D eigenvalue weighted by atomic mass is 10.1. The Balaban J connectivity index is 1.28. The van der Waals surface area contributed by atoms with Crippen LogP contribution in [0.3, 0.4) is 0 Å². The Hall–Kier alpha value is -2.53. The summed E-state index contributed by atoms with van der Waals surface area (Å²) in [6, 6.07) is 21.8. The second-order valence-electron chi connectivity index (χ2n) is 7.65. The van der Waals surface area contributed by atoms with Crippen LogP contribution >= 0.6 is 23.9 Å². The van der Waals surface area contributed by atoms with E-state index in [1.807, 2.05) is 28.6 Å². The van der Waals surface area contributed by atoms with Gasteiger partial charge in [0.25, 0.3) is 0 Å². The van der Waals surface area contributed by atoms with Crippen LogP contribution in [0, 0.1) is 0 Å². The standard InChI is InChI=1S/C23H20F3N3O2S2/c24-23(25,26)31-16-11-9-15(10-12-16)27-33-28-13-19(20(30)14-28)29-17-5-1-3-7-21(17)32-22-8-4-2-6-18(22)29/h1-12,19-20,27,30H,13-14H2/t19?,20-/m0/s1. The Bertz CT molecular complexity index is 1080. The predicted octanol–water partition coefficient (Wildman–Crippen LogP) is 5.91. The smallest absolute Gasteiger partial charge is 0.406 e. The van der Waals surface area contributed by atoms with E-state index in [2.05, 4.69) is 38.6 Å². The van der Waals surface area contributed by atoms with Crippen molar-refractivity contribution in [3.63, 3.8) is 0 Å². The van der Waals surface area contributed by atoms with Gasteiger partial charge in [-0.15, -0.1) is 13.2 Å². The molecular formula is C23H20F3N3O2S2. The third-order valence-corrected chi connectivity index (χ3v) is 7.42. The van der Waals surface area contributed by atoms with Crippen LogP contribution in [-0.2, 0) is 0 Å². The van der Waals surface area contributed by atoms with E-state index in [-0.39, 0.29) is 11.8 Å². The monoisotopic (exact) mass is 491 g/mol. The molecule has 0 radical (unpaired) electrons. The van der Waals surface area contributed by atoms with Crippen LogP contribution in [0.5, 0.6) is 5.75 Å². The normalized spacial score (nSPS) is 20.3. The van der Waals surface area contributed by atoms with E-state index in [1.54, 1.807) is 11.8 Å². The van der Waals surface area contributed by atoms with Gasteiger partial charge in [0.1, 0.15) is 5.75 Å². The van der Waals surface area contributed by atoms with Gasteiger partial charge in [-0.2, -0.15) is 0 Å². The lowest BCUT2D eigenvalue weighted by Crippen LogP contribution is -2.41. The molecule has 5 nitrogen and oxygen atoms in total. The molecule has 1 fully saturated rings. The number of ether oxygens (including phenoxy) is 1.